The summed E-state index contributed by atoms with van der Waals surface area (Å²) >= 11 is 0. The molecular formula is C11H12N2O. The SMILES string of the molecule is CCc1cnc(N)c2c(O)cccc12. The van der Waals surface area contributed by atoms with Crippen molar-refractivity contribution in [3.8, 4) is 5.75 Å². The smallest absolute Gasteiger partial charge is 0.134 e. The summed E-state index contributed by atoms with van der Waals surface area (Å²) < 4.78 is 0. The van der Waals surface area contributed by atoms with Gasteiger partial charge < -0.3 is 10.8 Å². The molecule has 0 atom stereocenters. The van der Waals surface area contributed by atoms with Crippen molar-refractivity contribution in [2.45, 2.75) is 13.3 Å². The van der Waals surface area contributed by atoms with E-state index >= 15 is 0 Å². The number of nitrogens with zero attached hydrogens (tertiary/aromatic N) is 1. The second-order valence-corrected chi connectivity index (χ2v) is 3.22. The van der Waals surface area contributed by atoms with E-state index in [4.69, 9.17) is 5.73 Å². The Labute approximate surface area is 82.2 Å². The molecule has 3 N–H and O–H groups in total. The number of hydrogen-bond donors (Lipinski definition) is 2. The fourth-order valence-corrected chi connectivity index (χ4v) is 1.64. The average Bonchev–Trinajstić information content (AvgIpc) is 2.18. The van der Waals surface area contributed by atoms with Crippen LogP contribution >= 0.6 is 0 Å². The van der Waals surface area contributed by atoms with Crippen molar-refractivity contribution in [1.82, 2.24) is 4.98 Å². The maximum Gasteiger partial charge on any atom is 0.134 e. The highest BCUT2D eigenvalue weighted by atomic mass is 16.3. The van der Waals surface area contributed by atoms with E-state index in [1.165, 1.54) is 0 Å². The molecule has 2 rings (SSSR count). The van der Waals surface area contributed by atoms with Gasteiger partial charge in [0.15, 0.2) is 0 Å². The minimum atomic E-state index is 0.197. The van der Waals surface area contributed by atoms with Gasteiger partial charge in [0.25, 0.3) is 0 Å². The van der Waals surface area contributed by atoms with Crippen LogP contribution in [0, 0.1) is 0 Å². The van der Waals surface area contributed by atoms with E-state index < -0.39 is 0 Å². The molecule has 0 spiro atoms. The van der Waals surface area contributed by atoms with E-state index in [1.54, 1.807) is 12.3 Å². The van der Waals surface area contributed by atoms with Crippen molar-refractivity contribution in [2.75, 3.05) is 5.73 Å². The van der Waals surface area contributed by atoms with Crippen LogP contribution in [0.1, 0.15) is 12.5 Å². The van der Waals surface area contributed by atoms with Crippen LogP contribution in [0.2, 0.25) is 0 Å². The lowest BCUT2D eigenvalue weighted by molar-refractivity contribution is 0.481. The first-order valence-corrected chi connectivity index (χ1v) is 4.59. The molecule has 72 valence electrons. The number of nitrogen functional groups attached to an aromatic ring is 1. The number of fused-ring (bicyclic) bond motifs is 1. The molecule has 0 amide bonds. The first-order chi connectivity index (χ1) is 6.74. The molecule has 0 aliphatic rings. The van der Waals surface area contributed by atoms with Crippen LogP contribution in [0.3, 0.4) is 0 Å². The fraction of sp³-hybridized carbons (Fsp3) is 0.182. The van der Waals surface area contributed by atoms with Crippen molar-refractivity contribution < 1.29 is 5.11 Å². The molecule has 3 heteroatoms. The lowest BCUT2D eigenvalue weighted by Crippen LogP contribution is -1.94. The Bertz CT molecular complexity index is 472. The number of rotatable bonds is 1. The molecule has 0 radical (unpaired) electrons. The minimum Gasteiger partial charge on any atom is -0.507 e. The zero-order chi connectivity index (χ0) is 10.1. The van der Waals surface area contributed by atoms with Gasteiger partial charge in [0.2, 0.25) is 0 Å². The quantitative estimate of drug-likeness (QED) is 0.720. The molecule has 0 unspecified atom stereocenters. The molecular weight excluding hydrogens is 176 g/mol. The van der Waals surface area contributed by atoms with Crippen LogP contribution < -0.4 is 5.73 Å². The number of phenols is 1. The third-order valence-electron chi connectivity index (χ3n) is 2.38. The van der Waals surface area contributed by atoms with Crippen molar-refractivity contribution in [1.29, 1.82) is 0 Å². The minimum absolute atomic E-state index is 0.197. The van der Waals surface area contributed by atoms with Gasteiger partial charge in [-0.1, -0.05) is 19.1 Å². The first kappa shape index (κ1) is 8.81. The summed E-state index contributed by atoms with van der Waals surface area (Å²) in [5, 5.41) is 11.3. The Balaban J connectivity index is 2.91. The van der Waals surface area contributed by atoms with Gasteiger partial charge in [0, 0.05) is 6.20 Å². The average molecular weight is 188 g/mol. The van der Waals surface area contributed by atoms with E-state index in [2.05, 4.69) is 11.9 Å². The molecule has 0 saturated heterocycles. The summed E-state index contributed by atoms with van der Waals surface area (Å²) in [6.45, 7) is 2.05. The van der Waals surface area contributed by atoms with Crippen LogP contribution in [0.4, 0.5) is 5.82 Å². The number of pyridine rings is 1. The van der Waals surface area contributed by atoms with Crippen molar-refractivity contribution in [3.05, 3.63) is 30.0 Å². The van der Waals surface area contributed by atoms with E-state index in [-0.39, 0.29) is 5.75 Å². The van der Waals surface area contributed by atoms with Gasteiger partial charge in [0.1, 0.15) is 11.6 Å². The van der Waals surface area contributed by atoms with Crippen LogP contribution in [-0.2, 0) is 6.42 Å². The number of nitrogens with two attached hydrogens (primary N) is 1. The van der Waals surface area contributed by atoms with Crippen molar-refractivity contribution in [3.63, 3.8) is 0 Å². The summed E-state index contributed by atoms with van der Waals surface area (Å²) in [6.07, 6.45) is 2.64. The van der Waals surface area contributed by atoms with Gasteiger partial charge in [-0.15, -0.1) is 0 Å². The number of benzene rings is 1. The zero-order valence-corrected chi connectivity index (χ0v) is 7.99. The monoisotopic (exact) mass is 188 g/mol. The molecule has 0 aliphatic heterocycles. The fourth-order valence-electron chi connectivity index (χ4n) is 1.64. The number of aromatic nitrogens is 1. The Hall–Kier alpha value is -1.77. The predicted molar refractivity (Wildman–Crippen MR) is 57.2 cm³/mol. The highest BCUT2D eigenvalue weighted by Gasteiger charge is 2.07. The second-order valence-electron chi connectivity index (χ2n) is 3.22. The van der Waals surface area contributed by atoms with Crippen LogP contribution in [0.5, 0.6) is 5.75 Å². The van der Waals surface area contributed by atoms with Crippen LogP contribution in [0.25, 0.3) is 10.8 Å². The third-order valence-corrected chi connectivity index (χ3v) is 2.38. The topological polar surface area (TPSA) is 59.1 Å². The summed E-state index contributed by atoms with van der Waals surface area (Å²) in [7, 11) is 0. The predicted octanol–water partition coefficient (Wildman–Crippen LogP) is 2.08. The standard InChI is InChI=1S/C11H12N2O/c1-2-7-6-13-11(12)10-8(7)4-3-5-9(10)14/h3-6,14H,2H2,1H3,(H2,12,13). The largest absolute Gasteiger partial charge is 0.507 e. The van der Waals surface area contributed by atoms with Crippen molar-refractivity contribution in [2.24, 2.45) is 0 Å². The molecule has 0 aliphatic carbocycles. The maximum atomic E-state index is 9.65. The third kappa shape index (κ3) is 1.18. The molecule has 3 nitrogen and oxygen atoms in total. The van der Waals surface area contributed by atoms with E-state index in [1.807, 2.05) is 12.1 Å². The number of phenolic OH excluding ortho intramolecular Hbond substituents is 1. The van der Waals surface area contributed by atoms with Gasteiger partial charge in [-0.25, -0.2) is 4.98 Å². The first-order valence-electron chi connectivity index (χ1n) is 4.59. The molecule has 1 aromatic carbocycles. The van der Waals surface area contributed by atoms with E-state index in [9.17, 15) is 5.11 Å². The Morgan fingerprint density at radius 1 is 1.43 bits per heavy atom. The molecule has 1 heterocycles. The number of hydrogen-bond acceptors (Lipinski definition) is 3. The van der Waals surface area contributed by atoms with E-state index in [0.29, 0.717) is 11.2 Å². The second kappa shape index (κ2) is 3.18. The maximum absolute atomic E-state index is 9.65. The van der Waals surface area contributed by atoms with Gasteiger partial charge >= 0.3 is 0 Å². The zero-order valence-electron chi connectivity index (χ0n) is 7.99. The Morgan fingerprint density at radius 2 is 2.21 bits per heavy atom. The van der Waals surface area contributed by atoms with Crippen LogP contribution in [-0.4, -0.2) is 10.1 Å². The summed E-state index contributed by atoms with van der Waals surface area (Å²) in [5.74, 6) is 0.582. The lowest BCUT2D eigenvalue weighted by Gasteiger charge is -2.07. The molecule has 0 saturated carbocycles. The van der Waals surface area contributed by atoms with Gasteiger partial charge in [-0.2, -0.15) is 0 Å². The number of anilines is 1. The Morgan fingerprint density at radius 3 is 2.93 bits per heavy atom. The van der Waals surface area contributed by atoms with E-state index in [0.717, 1.165) is 17.4 Å². The molecule has 0 bridgehead atoms. The van der Waals surface area contributed by atoms with Gasteiger partial charge in [-0.05, 0) is 23.4 Å². The summed E-state index contributed by atoms with van der Waals surface area (Å²) in [6, 6.07) is 5.39. The van der Waals surface area contributed by atoms with Gasteiger partial charge in [-0.3, -0.25) is 0 Å². The normalized spacial score (nSPS) is 10.6. The lowest BCUT2D eigenvalue weighted by atomic mass is 10.0. The molecule has 0 fully saturated rings. The molecule has 14 heavy (non-hydrogen) atoms. The summed E-state index contributed by atoms with van der Waals surface area (Å²) in [4.78, 5) is 4.06. The molecule has 2 aromatic rings. The highest BCUT2D eigenvalue weighted by molar-refractivity contribution is 5.97. The number of aromatic hydroxyl groups is 1. The van der Waals surface area contributed by atoms with Crippen molar-refractivity contribution >= 4 is 16.6 Å². The van der Waals surface area contributed by atoms with Crippen LogP contribution in [0.15, 0.2) is 24.4 Å². The number of aryl methyl sites for hydroxylation is 1. The summed E-state index contributed by atoms with van der Waals surface area (Å²) in [5.41, 5.74) is 6.81. The van der Waals surface area contributed by atoms with Gasteiger partial charge in [0.05, 0.1) is 5.39 Å². The molecule has 1 aromatic heterocycles. The Kier molecular flexibility index (Phi) is 2.00. The highest BCUT2D eigenvalue weighted by Crippen LogP contribution is 2.30.